The van der Waals surface area contributed by atoms with E-state index < -0.39 is 12.1 Å². The second kappa shape index (κ2) is 6.16. The molecule has 0 radical (unpaired) electrons. The zero-order valence-electron chi connectivity index (χ0n) is 8.55. The van der Waals surface area contributed by atoms with Crippen molar-refractivity contribution < 1.29 is 19.4 Å². The number of carbonyl (C=O) groups excluding carboxylic acids is 1. The number of aliphatic hydroxyl groups is 1. The first-order valence-corrected chi connectivity index (χ1v) is 4.61. The van der Waals surface area contributed by atoms with Gasteiger partial charge in [0.25, 0.3) is 0 Å². The summed E-state index contributed by atoms with van der Waals surface area (Å²) in [6.07, 6.45) is -0.883. The maximum Gasteiger partial charge on any atom is 0.337 e. The van der Waals surface area contributed by atoms with Crippen LogP contribution in [0.5, 0.6) is 0 Å². The first-order valence-electron chi connectivity index (χ1n) is 4.61. The molecule has 0 spiro atoms. The van der Waals surface area contributed by atoms with Crippen LogP contribution in [-0.2, 0) is 20.7 Å². The molecule has 0 amide bonds. The monoisotopic (exact) mass is 210 g/mol. The molecule has 1 rings (SSSR count). The highest BCUT2D eigenvalue weighted by atomic mass is 16.7. The Bertz CT molecular complexity index is 297. The Labute approximate surface area is 88.4 Å². The fraction of sp³-hybridized carbons (Fsp3) is 0.364. The standard InChI is InChI=1S/C11H14O4/c1-14-8-15-11(13)10(12)7-9-5-3-2-4-6-9/h2-6,10,12H,7-8H2,1H3/t10-/m0/s1. The zero-order chi connectivity index (χ0) is 11.1. The van der Waals surface area contributed by atoms with Crippen LogP contribution in [0.25, 0.3) is 0 Å². The van der Waals surface area contributed by atoms with Crippen LogP contribution in [0.15, 0.2) is 30.3 Å². The molecule has 0 fully saturated rings. The van der Waals surface area contributed by atoms with Gasteiger partial charge in [-0.2, -0.15) is 0 Å². The van der Waals surface area contributed by atoms with Gasteiger partial charge >= 0.3 is 5.97 Å². The van der Waals surface area contributed by atoms with Crippen LogP contribution in [0.2, 0.25) is 0 Å². The number of rotatable bonds is 5. The number of benzene rings is 1. The third-order valence-corrected chi connectivity index (χ3v) is 1.86. The van der Waals surface area contributed by atoms with Gasteiger partial charge in [0.2, 0.25) is 0 Å². The quantitative estimate of drug-likeness (QED) is 0.575. The minimum absolute atomic E-state index is 0.134. The van der Waals surface area contributed by atoms with Crippen LogP contribution in [-0.4, -0.2) is 31.1 Å². The van der Waals surface area contributed by atoms with E-state index in [4.69, 9.17) is 0 Å². The fourth-order valence-corrected chi connectivity index (χ4v) is 1.13. The van der Waals surface area contributed by atoms with Crippen LogP contribution in [0.3, 0.4) is 0 Å². The Kier molecular flexibility index (Phi) is 4.80. The number of carbonyl (C=O) groups is 1. The van der Waals surface area contributed by atoms with Gasteiger partial charge in [0.15, 0.2) is 12.9 Å². The average Bonchev–Trinajstić information content (AvgIpc) is 2.27. The highest BCUT2D eigenvalue weighted by molar-refractivity contribution is 5.74. The highest BCUT2D eigenvalue weighted by Crippen LogP contribution is 2.04. The zero-order valence-corrected chi connectivity index (χ0v) is 8.55. The van der Waals surface area contributed by atoms with E-state index in [1.165, 1.54) is 7.11 Å². The number of esters is 1. The van der Waals surface area contributed by atoms with Gasteiger partial charge in [-0.05, 0) is 5.56 Å². The summed E-state index contributed by atoms with van der Waals surface area (Å²) in [5.74, 6) is -0.666. The molecule has 0 bridgehead atoms. The summed E-state index contributed by atoms with van der Waals surface area (Å²) < 4.78 is 9.17. The number of methoxy groups -OCH3 is 1. The lowest BCUT2D eigenvalue weighted by Gasteiger charge is -2.09. The molecule has 1 aromatic carbocycles. The van der Waals surface area contributed by atoms with Gasteiger partial charge in [0.1, 0.15) is 0 Å². The first-order chi connectivity index (χ1) is 7.24. The summed E-state index contributed by atoms with van der Waals surface area (Å²) in [7, 11) is 1.41. The van der Waals surface area contributed by atoms with Crippen molar-refractivity contribution in [2.24, 2.45) is 0 Å². The predicted molar refractivity (Wildman–Crippen MR) is 54.1 cm³/mol. The summed E-state index contributed by atoms with van der Waals surface area (Å²) in [6, 6.07) is 9.25. The Hall–Kier alpha value is -1.39. The molecule has 0 aromatic heterocycles. The van der Waals surface area contributed by atoms with E-state index in [-0.39, 0.29) is 13.2 Å². The minimum Gasteiger partial charge on any atom is -0.437 e. The van der Waals surface area contributed by atoms with Crippen molar-refractivity contribution in [3.63, 3.8) is 0 Å². The van der Waals surface area contributed by atoms with Gasteiger partial charge < -0.3 is 14.6 Å². The highest BCUT2D eigenvalue weighted by Gasteiger charge is 2.16. The third-order valence-electron chi connectivity index (χ3n) is 1.86. The second-order valence-corrected chi connectivity index (χ2v) is 3.08. The van der Waals surface area contributed by atoms with Crippen molar-refractivity contribution in [1.82, 2.24) is 0 Å². The summed E-state index contributed by atoms with van der Waals surface area (Å²) in [4.78, 5) is 11.2. The first kappa shape index (κ1) is 11.7. The lowest BCUT2D eigenvalue weighted by Crippen LogP contribution is -2.26. The number of aliphatic hydroxyl groups excluding tert-OH is 1. The molecule has 0 aliphatic rings. The molecule has 82 valence electrons. The maximum absolute atomic E-state index is 11.2. The molecule has 0 saturated heterocycles. The molecule has 0 aliphatic carbocycles. The Morgan fingerprint density at radius 2 is 2.07 bits per heavy atom. The van der Waals surface area contributed by atoms with E-state index in [0.717, 1.165) is 5.56 Å². The van der Waals surface area contributed by atoms with Crippen molar-refractivity contribution in [2.45, 2.75) is 12.5 Å². The summed E-state index contributed by atoms with van der Waals surface area (Å²) in [5.41, 5.74) is 0.888. The third kappa shape index (κ3) is 4.10. The predicted octanol–water partition coefficient (Wildman–Crippen LogP) is 0.737. The number of ether oxygens (including phenoxy) is 2. The van der Waals surface area contributed by atoms with Gasteiger partial charge in [0.05, 0.1) is 0 Å². The molecule has 0 saturated carbocycles. The van der Waals surface area contributed by atoms with E-state index in [1.807, 2.05) is 30.3 Å². The summed E-state index contributed by atoms with van der Waals surface area (Å²) >= 11 is 0. The molecule has 0 heterocycles. The van der Waals surface area contributed by atoms with Gasteiger partial charge in [-0.1, -0.05) is 30.3 Å². The minimum atomic E-state index is -1.14. The van der Waals surface area contributed by atoms with Crippen molar-refractivity contribution >= 4 is 5.97 Å². The molecule has 4 nitrogen and oxygen atoms in total. The number of hydrogen-bond donors (Lipinski definition) is 1. The van der Waals surface area contributed by atoms with Crippen molar-refractivity contribution in [3.8, 4) is 0 Å². The SMILES string of the molecule is COCOC(=O)[C@@H](O)Cc1ccccc1. The maximum atomic E-state index is 11.2. The van der Waals surface area contributed by atoms with Crippen LogP contribution in [0.1, 0.15) is 5.56 Å². The molecule has 0 aliphatic heterocycles. The molecule has 0 unspecified atom stereocenters. The van der Waals surface area contributed by atoms with Crippen molar-refractivity contribution in [1.29, 1.82) is 0 Å². The van der Waals surface area contributed by atoms with Gasteiger partial charge in [-0.25, -0.2) is 4.79 Å². The average molecular weight is 210 g/mol. The molecular weight excluding hydrogens is 196 g/mol. The van der Waals surface area contributed by atoms with Crippen LogP contribution in [0.4, 0.5) is 0 Å². The van der Waals surface area contributed by atoms with E-state index in [9.17, 15) is 9.90 Å². The Morgan fingerprint density at radius 3 is 2.67 bits per heavy atom. The lowest BCUT2D eigenvalue weighted by molar-refractivity contribution is -0.163. The van der Waals surface area contributed by atoms with E-state index in [0.29, 0.717) is 0 Å². The second-order valence-electron chi connectivity index (χ2n) is 3.08. The number of hydrogen-bond acceptors (Lipinski definition) is 4. The summed E-state index contributed by atoms with van der Waals surface area (Å²) in [6.45, 7) is -0.134. The summed E-state index contributed by atoms with van der Waals surface area (Å²) in [5, 5.41) is 9.47. The molecule has 1 aromatic rings. The lowest BCUT2D eigenvalue weighted by atomic mass is 10.1. The Morgan fingerprint density at radius 1 is 1.40 bits per heavy atom. The van der Waals surface area contributed by atoms with Gasteiger partial charge in [-0.15, -0.1) is 0 Å². The molecule has 1 atom stereocenters. The molecule has 1 N–H and O–H groups in total. The molecule has 4 heteroatoms. The van der Waals surface area contributed by atoms with E-state index in [1.54, 1.807) is 0 Å². The van der Waals surface area contributed by atoms with Crippen LogP contribution in [0, 0.1) is 0 Å². The largest absolute Gasteiger partial charge is 0.437 e. The smallest absolute Gasteiger partial charge is 0.337 e. The Balaban J connectivity index is 2.41. The van der Waals surface area contributed by atoms with Gasteiger partial charge in [-0.3, -0.25) is 0 Å². The molecule has 15 heavy (non-hydrogen) atoms. The van der Waals surface area contributed by atoms with E-state index >= 15 is 0 Å². The molecular formula is C11H14O4. The topological polar surface area (TPSA) is 55.8 Å². The fourth-order valence-electron chi connectivity index (χ4n) is 1.13. The van der Waals surface area contributed by atoms with Gasteiger partial charge in [0, 0.05) is 13.5 Å². The van der Waals surface area contributed by atoms with Crippen molar-refractivity contribution in [3.05, 3.63) is 35.9 Å². The van der Waals surface area contributed by atoms with Crippen LogP contribution < -0.4 is 0 Å². The van der Waals surface area contributed by atoms with Crippen molar-refractivity contribution in [2.75, 3.05) is 13.9 Å². The normalized spacial score (nSPS) is 12.1. The van der Waals surface area contributed by atoms with E-state index in [2.05, 4.69) is 9.47 Å². The van der Waals surface area contributed by atoms with Crippen LogP contribution >= 0.6 is 0 Å².